The third kappa shape index (κ3) is 2.78. The van der Waals surface area contributed by atoms with Gasteiger partial charge in [0.1, 0.15) is 5.82 Å². The number of fused-ring (bicyclic) bond motifs is 1. The summed E-state index contributed by atoms with van der Waals surface area (Å²) in [6.45, 7) is 0.245. The largest absolute Gasteiger partial charge is 0.388 e. The number of hydrogen-bond donors (Lipinski definition) is 3. The molecule has 118 valence electrons. The van der Waals surface area contributed by atoms with E-state index in [2.05, 4.69) is 9.97 Å². The molecule has 7 heteroatoms. The number of likely N-dealkylation sites (N-methyl/N-ethyl adjacent to an activating group) is 1. The Labute approximate surface area is 132 Å². The van der Waals surface area contributed by atoms with E-state index in [4.69, 9.17) is 12.2 Å². The predicted molar refractivity (Wildman–Crippen MR) is 83.8 cm³/mol. The third-order valence-electron chi connectivity index (χ3n) is 4.23. The van der Waals surface area contributed by atoms with Crippen molar-refractivity contribution in [3.63, 3.8) is 0 Å². The van der Waals surface area contributed by atoms with Gasteiger partial charge in [-0.2, -0.15) is 0 Å². The highest BCUT2D eigenvalue weighted by molar-refractivity contribution is 7.71. The Bertz CT molecular complexity index is 777. The van der Waals surface area contributed by atoms with Gasteiger partial charge in [-0.3, -0.25) is 4.79 Å². The van der Waals surface area contributed by atoms with Crippen LogP contribution in [0.2, 0.25) is 0 Å². The second kappa shape index (κ2) is 5.48. The minimum Gasteiger partial charge on any atom is -0.388 e. The Kier molecular flexibility index (Phi) is 3.78. The monoisotopic (exact) mass is 323 g/mol. The lowest BCUT2D eigenvalue weighted by atomic mass is 10.0. The molecule has 22 heavy (non-hydrogen) atoms. The van der Waals surface area contributed by atoms with Crippen LogP contribution in [0.5, 0.6) is 0 Å². The van der Waals surface area contributed by atoms with Gasteiger partial charge in [0.25, 0.3) is 5.91 Å². The molecule has 1 saturated carbocycles. The summed E-state index contributed by atoms with van der Waals surface area (Å²) in [5.41, 5.74) is 0.330. The van der Waals surface area contributed by atoms with E-state index in [0.29, 0.717) is 28.6 Å². The van der Waals surface area contributed by atoms with E-state index in [9.17, 15) is 14.3 Å². The zero-order valence-electron chi connectivity index (χ0n) is 12.3. The molecule has 0 atom stereocenters. The number of aromatic amines is 2. The van der Waals surface area contributed by atoms with Crippen LogP contribution in [-0.2, 0) is 0 Å². The molecule has 1 amide bonds. The molecule has 1 aromatic heterocycles. The Morgan fingerprint density at radius 2 is 2.09 bits per heavy atom. The minimum atomic E-state index is -0.831. The predicted octanol–water partition coefficient (Wildman–Crippen LogP) is 2.74. The number of amides is 1. The van der Waals surface area contributed by atoms with Crippen molar-refractivity contribution < 1.29 is 14.3 Å². The molecule has 0 bridgehead atoms. The highest BCUT2D eigenvalue weighted by Gasteiger charge is 2.34. The van der Waals surface area contributed by atoms with Crippen LogP contribution in [0.3, 0.4) is 0 Å². The average Bonchev–Trinajstić information content (AvgIpc) is 3.02. The van der Waals surface area contributed by atoms with Crippen molar-refractivity contribution in [3.8, 4) is 0 Å². The number of aromatic nitrogens is 2. The summed E-state index contributed by atoms with van der Waals surface area (Å²) in [4.78, 5) is 19.8. The number of aliphatic hydroxyl groups is 1. The van der Waals surface area contributed by atoms with Crippen molar-refractivity contribution >= 4 is 29.2 Å². The maximum absolute atomic E-state index is 13.7. The van der Waals surface area contributed by atoms with Crippen molar-refractivity contribution in [2.75, 3.05) is 13.6 Å². The van der Waals surface area contributed by atoms with E-state index in [1.807, 2.05) is 0 Å². The number of H-pyrrole nitrogens is 2. The van der Waals surface area contributed by atoms with Crippen LogP contribution in [0.25, 0.3) is 11.0 Å². The molecule has 3 rings (SSSR count). The van der Waals surface area contributed by atoms with Gasteiger partial charge in [0, 0.05) is 13.6 Å². The first-order valence-corrected chi connectivity index (χ1v) is 7.68. The summed E-state index contributed by atoms with van der Waals surface area (Å²) in [6, 6.07) is 2.49. The smallest absolute Gasteiger partial charge is 0.255 e. The maximum Gasteiger partial charge on any atom is 0.255 e. The molecule has 5 nitrogen and oxygen atoms in total. The second-order valence-corrected chi connectivity index (χ2v) is 6.46. The van der Waals surface area contributed by atoms with Crippen molar-refractivity contribution in [1.82, 2.24) is 14.9 Å². The average molecular weight is 323 g/mol. The lowest BCUT2D eigenvalue weighted by Crippen LogP contribution is -2.42. The number of carbonyl (C=O) groups excluding carboxylic acids is 1. The molecule has 0 spiro atoms. The van der Waals surface area contributed by atoms with Crippen molar-refractivity contribution in [3.05, 3.63) is 28.3 Å². The summed E-state index contributed by atoms with van der Waals surface area (Å²) in [5, 5.41) is 10.4. The first-order valence-electron chi connectivity index (χ1n) is 7.27. The molecule has 1 heterocycles. The van der Waals surface area contributed by atoms with Gasteiger partial charge in [-0.25, -0.2) is 4.39 Å². The standard InChI is InChI=1S/C15H18FN3O2S/c1-19(8-15(21)4-2-3-5-15)13(20)10-6-9(16)7-11-12(10)18-14(22)17-11/h6-7,21H,2-5,8H2,1H3,(H2,17,18,22). The van der Waals surface area contributed by atoms with Crippen LogP contribution in [0.1, 0.15) is 36.0 Å². The van der Waals surface area contributed by atoms with E-state index in [1.54, 1.807) is 7.05 Å². The van der Waals surface area contributed by atoms with E-state index in [-0.39, 0.29) is 18.0 Å². The lowest BCUT2D eigenvalue weighted by molar-refractivity contribution is 0.0157. The molecule has 0 radical (unpaired) electrons. The summed E-state index contributed by atoms with van der Waals surface area (Å²) in [5.74, 6) is -0.843. The van der Waals surface area contributed by atoms with Crippen LogP contribution >= 0.6 is 12.2 Å². The van der Waals surface area contributed by atoms with Gasteiger partial charge in [0.15, 0.2) is 4.77 Å². The normalized spacial score (nSPS) is 17.0. The highest BCUT2D eigenvalue weighted by Crippen LogP contribution is 2.30. The van der Waals surface area contributed by atoms with Crippen molar-refractivity contribution in [2.24, 2.45) is 0 Å². The molecular formula is C15H18FN3O2S. The SMILES string of the molecule is CN(CC1(O)CCCC1)C(=O)c1cc(F)cc2[nH]c(=S)[nH]c12. The highest BCUT2D eigenvalue weighted by atomic mass is 32.1. The van der Waals surface area contributed by atoms with Crippen molar-refractivity contribution in [1.29, 1.82) is 0 Å². The molecule has 3 N–H and O–H groups in total. The maximum atomic E-state index is 13.7. The van der Waals surface area contributed by atoms with Crippen LogP contribution in [-0.4, -0.2) is 45.1 Å². The van der Waals surface area contributed by atoms with Gasteiger partial charge >= 0.3 is 0 Å². The Morgan fingerprint density at radius 1 is 1.41 bits per heavy atom. The first-order chi connectivity index (χ1) is 10.4. The fourth-order valence-electron chi connectivity index (χ4n) is 3.19. The van der Waals surface area contributed by atoms with Crippen LogP contribution in [0.4, 0.5) is 4.39 Å². The van der Waals surface area contributed by atoms with Gasteiger partial charge in [-0.15, -0.1) is 0 Å². The van der Waals surface area contributed by atoms with E-state index in [0.717, 1.165) is 12.8 Å². The Balaban J connectivity index is 1.92. The lowest BCUT2D eigenvalue weighted by Gasteiger charge is -2.28. The number of nitrogens with one attached hydrogen (secondary N) is 2. The molecule has 1 aliphatic rings. The fourth-order valence-corrected chi connectivity index (χ4v) is 3.40. The number of halogens is 1. The van der Waals surface area contributed by atoms with Crippen LogP contribution < -0.4 is 0 Å². The number of carbonyl (C=O) groups is 1. The molecule has 0 unspecified atom stereocenters. The summed E-state index contributed by atoms with van der Waals surface area (Å²) >= 11 is 5.00. The minimum absolute atomic E-state index is 0.214. The summed E-state index contributed by atoms with van der Waals surface area (Å²) < 4.78 is 14.1. The van der Waals surface area contributed by atoms with Crippen molar-refractivity contribution in [2.45, 2.75) is 31.3 Å². The van der Waals surface area contributed by atoms with E-state index < -0.39 is 11.4 Å². The molecule has 1 fully saturated rings. The van der Waals surface area contributed by atoms with Crippen LogP contribution in [0.15, 0.2) is 12.1 Å². The Morgan fingerprint density at radius 3 is 2.77 bits per heavy atom. The number of benzene rings is 1. The van der Waals surface area contributed by atoms with Crippen LogP contribution in [0, 0.1) is 10.6 Å². The van der Waals surface area contributed by atoms with Gasteiger partial charge in [0.2, 0.25) is 0 Å². The quantitative estimate of drug-likeness (QED) is 0.761. The fraction of sp³-hybridized carbons (Fsp3) is 0.467. The van der Waals surface area contributed by atoms with Gasteiger partial charge in [-0.1, -0.05) is 12.8 Å². The molecule has 1 aliphatic carbocycles. The third-order valence-corrected chi connectivity index (χ3v) is 4.44. The number of rotatable bonds is 3. The second-order valence-electron chi connectivity index (χ2n) is 6.05. The molecule has 1 aromatic carbocycles. The van der Waals surface area contributed by atoms with Gasteiger partial charge in [0.05, 0.1) is 22.2 Å². The van der Waals surface area contributed by atoms with Gasteiger partial charge in [-0.05, 0) is 37.2 Å². The van der Waals surface area contributed by atoms with Gasteiger partial charge < -0.3 is 20.0 Å². The molecule has 0 saturated heterocycles. The Hall–Kier alpha value is -1.73. The first kappa shape index (κ1) is 15.2. The number of hydrogen-bond acceptors (Lipinski definition) is 3. The zero-order valence-corrected chi connectivity index (χ0v) is 13.1. The summed E-state index contributed by atoms with van der Waals surface area (Å²) in [7, 11) is 1.62. The number of nitrogens with zero attached hydrogens (tertiary/aromatic N) is 1. The molecule has 0 aliphatic heterocycles. The zero-order chi connectivity index (χ0) is 15.9. The summed E-state index contributed by atoms with van der Waals surface area (Å²) in [6.07, 6.45) is 3.31. The topological polar surface area (TPSA) is 72.1 Å². The molecule has 2 aromatic rings. The van der Waals surface area contributed by atoms with E-state index in [1.165, 1.54) is 17.0 Å². The molecular weight excluding hydrogens is 305 g/mol. The van der Waals surface area contributed by atoms with E-state index >= 15 is 0 Å². The number of imidazole rings is 1.